The molecule has 2 N–H and O–H groups in total. The Labute approximate surface area is 124 Å². The molecule has 1 amide bonds. The second kappa shape index (κ2) is 5.42. The van der Waals surface area contributed by atoms with E-state index in [9.17, 15) is 4.79 Å². The van der Waals surface area contributed by atoms with Gasteiger partial charge in [0.2, 0.25) is 0 Å². The molecule has 6 nitrogen and oxygen atoms in total. The smallest absolute Gasteiger partial charge is 0.275 e. The number of rotatable bonds is 1. The zero-order chi connectivity index (χ0) is 14.2. The van der Waals surface area contributed by atoms with Gasteiger partial charge in [-0.15, -0.1) is 0 Å². The molecular formula is C15H22N4O2. The molecular weight excluding hydrogens is 268 g/mol. The van der Waals surface area contributed by atoms with Gasteiger partial charge in [0.1, 0.15) is 0 Å². The molecule has 3 aliphatic rings. The van der Waals surface area contributed by atoms with Crippen molar-refractivity contribution in [3.05, 3.63) is 17.0 Å². The number of nitrogens with one attached hydrogen (secondary N) is 2. The van der Waals surface area contributed by atoms with Crippen molar-refractivity contribution in [3.8, 4) is 0 Å². The number of amides is 1. The van der Waals surface area contributed by atoms with Crippen LogP contribution in [0.5, 0.6) is 0 Å². The number of hydrogen-bond donors (Lipinski definition) is 2. The van der Waals surface area contributed by atoms with Gasteiger partial charge in [-0.3, -0.25) is 9.89 Å². The summed E-state index contributed by atoms with van der Waals surface area (Å²) in [6.07, 6.45) is 5.68. The molecule has 114 valence electrons. The fraction of sp³-hybridized carbons (Fsp3) is 0.733. The summed E-state index contributed by atoms with van der Waals surface area (Å²) in [5.74, 6) is 0.0800. The van der Waals surface area contributed by atoms with Crippen LogP contribution in [-0.2, 0) is 17.7 Å². The topological polar surface area (TPSA) is 70.2 Å². The molecule has 0 bridgehead atoms. The van der Waals surface area contributed by atoms with Crippen LogP contribution in [-0.4, -0.2) is 52.8 Å². The van der Waals surface area contributed by atoms with Crippen LogP contribution in [0.1, 0.15) is 47.4 Å². The first-order valence-electron chi connectivity index (χ1n) is 8.04. The van der Waals surface area contributed by atoms with Gasteiger partial charge in [-0.25, -0.2) is 0 Å². The molecule has 1 aromatic heterocycles. The standard InChI is InChI=1S/C15H22N4O2/c20-15(14-10-9-16-6-5-11(10)17-18-14)19-7-8-21-13-4-2-1-3-12(13)19/h12-13,16H,1-9H2,(H,17,18). The lowest BCUT2D eigenvalue weighted by atomic mass is 9.89. The van der Waals surface area contributed by atoms with Gasteiger partial charge >= 0.3 is 0 Å². The molecule has 0 radical (unpaired) electrons. The van der Waals surface area contributed by atoms with Gasteiger partial charge in [0.05, 0.1) is 18.8 Å². The Morgan fingerprint density at radius 3 is 3.19 bits per heavy atom. The van der Waals surface area contributed by atoms with E-state index in [0.29, 0.717) is 18.8 Å². The Morgan fingerprint density at radius 2 is 2.24 bits per heavy atom. The van der Waals surface area contributed by atoms with Crippen molar-refractivity contribution in [1.29, 1.82) is 0 Å². The van der Waals surface area contributed by atoms with Crippen LogP contribution in [0, 0.1) is 0 Å². The molecule has 2 aliphatic heterocycles. The molecule has 3 heterocycles. The van der Waals surface area contributed by atoms with Crippen LogP contribution < -0.4 is 5.32 Å². The van der Waals surface area contributed by atoms with Crippen LogP contribution in [0.15, 0.2) is 0 Å². The minimum absolute atomic E-state index is 0.0800. The quantitative estimate of drug-likeness (QED) is 0.804. The Morgan fingerprint density at radius 1 is 1.33 bits per heavy atom. The lowest BCUT2D eigenvalue weighted by Gasteiger charge is -2.43. The van der Waals surface area contributed by atoms with E-state index in [0.717, 1.165) is 43.6 Å². The summed E-state index contributed by atoms with van der Waals surface area (Å²) in [6.45, 7) is 3.03. The van der Waals surface area contributed by atoms with Crippen molar-refractivity contribution < 1.29 is 9.53 Å². The number of carbonyl (C=O) groups is 1. The molecule has 2 fully saturated rings. The van der Waals surface area contributed by atoms with Crippen LogP contribution >= 0.6 is 0 Å². The molecule has 1 aromatic rings. The zero-order valence-electron chi connectivity index (χ0n) is 12.2. The molecule has 1 saturated heterocycles. The van der Waals surface area contributed by atoms with Crippen LogP contribution in [0.4, 0.5) is 0 Å². The first kappa shape index (κ1) is 13.3. The number of nitrogens with zero attached hydrogens (tertiary/aromatic N) is 2. The molecule has 0 aromatic carbocycles. The second-order valence-corrected chi connectivity index (χ2v) is 6.22. The minimum Gasteiger partial charge on any atom is -0.374 e. The van der Waals surface area contributed by atoms with Gasteiger partial charge in [0, 0.05) is 37.3 Å². The molecule has 2 unspecified atom stereocenters. The molecule has 0 spiro atoms. The fourth-order valence-electron chi connectivity index (χ4n) is 3.89. The van der Waals surface area contributed by atoms with E-state index < -0.39 is 0 Å². The zero-order valence-corrected chi connectivity index (χ0v) is 12.2. The van der Waals surface area contributed by atoms with Gasteiger partial charge < -0.3 is 15.0 Å². The van der Waals surface area contributed by atoms with E-state index in [1.165, 1.54) is 12.8 Å². The second-order valence-electron chi connectivity index (χ2n) is 6.22. The highest BCUT2D eigenvalue weighted by atomic mass is 16.5. The molecule has 4 rings (SSSR count). The number of aromatic nitrogens is 2. The van der Waals surface area contributed by atoms with E-state index in [1.807, 2.05) is 4.90 Å². The van der Waals surface area contributed by atoms with Gasteiger partial charge in [-0.05, 0) is 12.8 Å². The van der Waals surface area contributed by atoms with Gasteiger partial charge in [0.15, 0.2) is 5.69 Å². The summed E-state index contributed by atoms with van der Waals surface area (Å²) in [5.41, 5.74) is 2.79. The van der Waals surface area contributed by atoms with E-state index in [4.69, 9.17) is 4.74 Å². The number of aromatic amines is 1. The summed E-state index contributed by atoms with van der Waals surface area (Å²) in [6, 6.07) is 0.240. The van der Waals surface area contributed by atoms with Crippen LogP contribution in [0.2, 0.25) is 0 Å². The van der Waals surface area contributed by atoms with Gasteiger partial charge in [-0.1, -0.05) is 12.8 Å². The number of morpholine rings is 1. The van der Waals surface area contributed by atoms with E-state index in [2.05, 4.69) is 15.5 Å². The third-order valence-corrected chi connectivity index (χ3v) is 5.00. The lowest BCUT2D eigenvalue weighted by Crippen LogP contribution is -2.55. The number of fused-ring (bicyclic) bond motifs is 2. The van der Waals surface area contributed by atoms with Crippen molar-refractivity contribution in [2.24, 2.45) is 0 Å². The number of hydrogen-bond acceptors (Lipinski definition) is 4. The highest BCUT2D eigenvalue weighted by molar-refractivity contribution is 5.94. The average molecular weight is 290 g/mol. The van der Waals surface area contributed by atoms with E-state index in [1.54, 1.807) is 0 Å². The van der Waals surface area contributed by atoms with Crippen molar-refractivity contribution in [1.82, 2.24) is 20.4 Å². The summed E-state index contributed by atoms with van der Waals surface area (Å²) >= 11 is 0. The van der Waals surface area contributed by atoms with E-state index >= 15 is 0 Å². The summed E-state index contributed by atoms with van der Waals surface area (Å²) in [4.78, 5) is 15.0. The number of carbonyl (C=O) groups excluding carboxylic acids is 1. The Hall–Kier alpha value is -1.40. The van der Waals surface area contributed by atoms with Crippen molar-refractivity contribution >= 4 is 5.91 Å². The van der Waals surface area contributed by atoms with Crippen molar-refractivity contribution in [2.45, 2.75) is 50.8 Å². The molecule has 21 heavy (non-hydrogen) atoms. The maximum Gasteiger partial charge on any atom is 0.275 e. The highest BCUT2D eigenvalue weighted by Gasteiger charge is 2.38. The molecule has 1 aliphatic carbocycles. The average Bonchev–Trinajstić information content (AvgIpc) is 2.98. The SMILES string of the molecule is O=C(c1n[nH]c2c1CNCC2)N1CCOC2CCCCC21. The maximum absolute atomic E-state index is 12.9. The number of H-pyrrole nitrogens is 1. The van der Waals surface area contributed by atoms with Gasteiger partial charge in [-0.2, -0.15) is 5.10 Å². The highest BCUT2D eigenvalue weighted by Crippen LogP contribution is 2.30. The first-order chi connectivity index (χ1) is 10.3. The van der Waals surface area contributed by atoms with Crippen LogP contribution in [0.25, 0.3) is 0 Å². The van der Waals surface area contributed by atoms with Crippen molar-refractivity contribution in [2.75, 3.05) is 19.7 Å². The normalized spacial score (nSPS) is 28.9. The lowest BCUT2D eigenvalue weighted by molar-refractivity contribution is -0.0754. The predicted molar refractivity (Wildman–Crippen MR) is 77.0 cm³/mol. The Balaban J connectivity index is 1.60. The minimum atomic E-state index is 0.0800. The molecule has 2 atom stereocenters. The monoisotopic (exact) mass is 290 g/mol. The maximum atomic E-state index is 12.9. The van der Waals surface area contributed by atoms with E-state index in [-0.39, 0.29) is 18.1 Å². The largest absolute Gasteiger partial charge is 0.374 e. The fourth-order valence-corrected chi connectivity index (χ4v) is 3.89. The predicted octanol–water partition coefficient (Wildman–Crippen LogP) is 0.839. The van der Waals surface area contributed by atoms with Crippen LogP contribution in [0.3, 0.4) is 0 Å². The molecule has 1 saturated carbocycles. The third-order valence-electron chi connectivity index (χ3n) is 5.00. The summed E-state index contributed by atoms with van der Waals surface area (Å²) < 4.78 is 5.86. The Kier molecular flexibility index (Phi) is 3.43. The first-order valence-corrected chi connectivity index (χ1v) is 8.04. The third kappa shape index (κ3) is 2.26. The summed E-state index contributed by atoms with van der Waals surface area (Å²) in [5, 5.41) is 10.7. The summed E-state index contributed by atoms with van der Waals surface area (Å²) in [7, 11) is 0. The Bertz CT molecular complexity index is 540. The van der Waals surface area contributed by atoms with Crippen molar-refractivity contribution in [3.63, 3.8) is 0 Å². The van der Waals surface area contributed by atoms with Gasteiger partial charge in [0.25, 0.3) is 5.91 Å². The number of ether oxygens (including phenoxy) is 1. The molecule has 6 heteroatoms.